The van der Waals surface area contributed by atoms with Gasteiger partial charge in [0.15, 0.2) is 6.10 Å². The van der Waals surface area contributed by atoms with Crippen molar-refractivity contribution in [2.45, 2.75) is 341 Å². The third kappa shape index (κ3) is 54.8. The Kier molecular flexibility index (Phi) is 55.7. The molecule has 0 aromatic heterocycles. The van der Waals surface area contributed by atoms with Crippen LogP contribution in [0.5, 0.6) is 0 Å². The Labute approximate surface area is 423 Å². The van der Waals surface area contributed by atoms with Crippen molar-refractivity contribution in [1.29, 1.82) is 0 Å². The van der Waals surface area contributed by atoms with Crippen molar-refractivity contribution in [3.05, 3.63) is 24.3 Å². The summed E-state index contributed by atoms with van der Waals surface area (Å²) < 4.78 is 16.9. The fourth-order valence-corrected chi connectivity index (χ4v) is 9.14. The predicted octanol–water partition coefficient (Wildman–Crippen LogP) is 20.3. The van der Waals surface area contributed by atoms with E-state index in [1.807, 2.05) is 0 Å². The van der Waals surface area contributed by atoms with Crippen LogP contribution in [0.1, 0.15) is 335 Å². The lowest BCUT2D eigenvalue weighted by atomic mass is 10.0. The number of ether oxygens (including phenoxy) is 3. The van der Waals surface area contributed by atoms with Gasteiger partial charge in [-0.05, 0) is 44.9 Å². The van der Waals surface area contributed by atoms with Crippen molar-refractivity contribution in [1.82, 2.24) is 0 Å². The molecule has 0 spiro atoms. The first kappa shape index (κ1) is 65.9. The van der Waals surface area contributed by atoms with E-state index in [0.29, 0.717) is 19.3 Å². The van der Waals surface area contributed by atoms with Gasteiger partial charge in [-0.1, -0.05) is 295 Å². The highest BCUT2D eigenvalue weighted by atomic mass is 16.6. The smallest absolute Gasteiger partial charge is 0.306 e. The molecule has 0 aromatic rings. The summed E-state index contributed by atoms with van der Waals surface area (Å²) in [6, 6.07) is 0. The molecule has 0 radical (unpaired) electrons. The second-order valence-corrected chi connectivity index (χ2v) is 20.7. The summed E-state index contributed by atoms with van der Waals surface area (Å²) in [5, 5.41) is 0. The number of allylic oxidation sites excluding steroid dienone is 4. The fraction of sp³-hybridized carbons (Fsp3) is 0.887. The fourth-order valence-electron chi connectivity index (χ4n) is 9.14. The van der Waals surface area contributed by atoms with Crippen molar-refractivity contribution < 1.29 is 28.6 Å². The van der Waals surface area contributed by atoms with Crippen molar-refractivity contribution >= 4 is 17.9 Å². The van der Waals surface area contributed by atoms with Crippen LogP contribution in [0, 0.1) is 0 Å². The summed E-state index contributed by atoms with van der Waals surface area (Å²) in [4.78, 5) is 38.2. The van der Waals surface area contributed by atoms with Crippen LogP contribution in [-0.2, 0) is 28.6 Å². The Bertz CT molecular complexity index is 1100. The molecule has 0 rings (SSSR count). The number of esters is 3. The minimum absolute atomic E-state index is 0.0737. The Morgan fingerprint density at radius 3 is 0.794 bits per heavy atom. The molecule has 1 atom stereocenters. The zero-order valence-corrected chi connectivity index (χ0v) is 45.9. The summed E-state index contributed by atoms with van der Waals surface area (Å²) in [5.41, 5.74) is 0. The average molecular weight is 958 g/mol. The molecule has 0 aliphatic heterocycles. The Morgan fingerprint density at radius 1 is 0.294 bits per heavy atom. The number of unbranched alkanes of at least 4 members (excludes halogenated alkanes) is 42. The molecule has 400 valence electrons. The van der Waals surface area contributed by atoms with Gasteiger partial charge in [0.05, 0.1) is 0 Å². The molecule has 0 bridgehead atoms. The van der Waals surface area contributed by atoms with Gasteiger partial charge in [0.25, 0.3) is 0 Å². The Hall–Kier alpha value is -2.11. The van der Waals surface area contributed by atoms with E-state index in [-0.39, 0.29) is 31.1 Å². The van der Waals surface area contributed by atoms with Gasteiger partial charge in [-0.15, -0.1) is 0 Å². The highest BCUT2D eigenvalue weighted by Crippen LogP contribution is 2.17. The quantitative estimate of drug-likeness (QED) is 0.0262. The maximum Gasteiger partial charge on any atom is 0.306 e. The molecular weight excluding hydrogens is 841 g/mol. The molecule has 0 saturated heterocycles. The lowest BCUT2D eigenvalue weighted by molar-refractivity contribution is -0.167. The number of carbonyl (C=O) groups is 3. The first-order valence-electron chi connectivity index (χ1n) is 30.4. The summed E-state index contributed by atoms with van der Waals surface area (Å²) in [6.45, 7) is 6.67. The van der Waals surface area contributed by atoms with E-state index in [4.69, 9.17) is 14.2 Å². The summed E-state index contributed by atoms with van der Waals surface area (Å²) >= 11 is 0. The van der Waals surface area contributed by atoms with Gasteiger partial charge in [0.1, 0.15) is 13.2 Å². The lowest BCUT2D eigenvalue weighted by Crippen LogP contribution is -2.30. The van der Waals surface area contributed by atoms with E-state index in [0.717, 1.165) is 70.6 Å². The van der Waals surface area contributed by atoms with Crippen molar-refractivity contribution in [2.75, 3.05) is 13.2 Å². The Morgan fingerprint density at radius 2 is 0.515 bits per heavy atom. The number of rotatable bonds is 56. The van der Waals surface area contributed by atoms with Gasteiger partial charge >= 0.3 is 17.9 Å². The molecule has 68 heavy (non-hydrogen) atoms. The minimum Gasteiger partial charge on any atom is -0.462 e. The van der Waals surface area contributed by atoms with Gasteiger partial charge in [-0.3, -0.25) is 14.4 Å². The highest BCUT2D eigenvalue weighted by molar-refractivity contribution is 5.71. The van der Waals surface area contributed by atoms with Crippen LogP contribution in [0.3, 0.4) is 0 Å². The molecule has 0 N–H and O–H groups in total. The molecule has 0 saturated carbocycles. The van der Waals surface area contributed by atoms with E-state index in [1.165, 1.54) is 225 Å². The van der Waals surface area contributed by atoms with E-state index in [9.17, 15) is 14.4 Å². The maximum absolute atomic E-state index is 12.9. The Balaban J connectivity index is 4.35. The van der Waals surface area contributed by atoms with Crippen LogP contribution in [-0.4, -0.2) is 37.2 Å². The van der Waals surface area contributed by atoms with Gasteiger partial charge < -0.3 is 14.2 Å². The van der Waals surface area contributed by atoms with E-state index < -0.39 is 6.10 Å². The van der Waals surface area contributed by atoms with Crippen molar-refractivity contribution in [3.63, 3.8) is 0 Å². The van der Waals surface area contributed by atoms with Crippen LogP contribution in [0.25, 0.3) is 0 Å². The second kappa shape index (κ2) is 57.5. The second-order valence-electron chi connectivity index (χ2n) is 20.7. The van der Waals surface area contributed by atoms with Crippen LogP contribution < -0.4 is 0 Å². The monoisotopic (exact) mass is 957 g/mol. The molecule has 0 aromatic carbocycles. The third-order valence-corrected chi connectivity index (χ3v) is 13.7. The van der Waals surface area contributed by atoms with E-state index in [1.54, 1.807) is 0 Å². The topological polar surface area (TPSA) is 78.9 Å². The molecule has 0 amide bonds. The van der Waals surface area contributed by atoms with Crippen LogP contribution in [0.4, 0.5) is 0 Å². The molecule has 0 fully saturated rings. The lowest BCUT2D eigenvalue weighted by Gasteiger charge is -2.18. The normalized spacial score (nSPS) is 12.1. The van der Waals surface area contributed by atoms with Crippen molar-refractivity contribution in [3.8, 4) is 0 Å². The highest BCUT2D eigenvalue weighted by Gasteiger charge is 2.19. The van der Waals surface area contributed by atoms with Gasteiger partial charge in [0, 0.05) is 19.3 Å². The third-order valence-electron chi connectivity index (χ3n) is 13.7. The predicted molar refractivity (Wildman–Crippen MR) is 293 cm³/mol. The zero-order chi connectivity index (χ0) is 49.3. The van der Waals surface area contributed by atoms with E-state index in [2.05, 4.69) is 45.1 Å². The SMILES string of the molecule is CCCCCCCCC/C=C\C=C/CCCCCC(=O)OCC(COC(=O)CCCCCCCCCCCCCCCCCCC)OC(=O)CCCCCCCCCCCCCCCCCCC. The van der Waals surface area contributed by atoms with Crippen molar-refractivity contribution in [2.24, 2.45) is 0 Å². The molecule has 0 heterocycles. The first-order chi connectivity index (χ1) is 33.5. The number of hydrogen-bond acceptors (Lipinski definition) is 6. The molecule has 1 unspecified atom stereocenters. The van der Waals surface area contributed by atoms with Gasteiger partial charge in [0.2, 0.25) is 0 Å². The summed E-state index contributed by atoms with van der Waals surface area (Å²) in [7, 11) is 0. The maximum atomic E-state index is 12.9. The average Bonchev–Trinajstić information content (AvgIpc) is 3.34. The van der Waals surface area contributed by atoms with Crippen LogP contribution in [0.2, 0.25) is 0 Å². The summed E-state index contributed by atoms with van der Waals surface area (Å²) in [5.74, 6) is -0.876. The molecular formula is C62H116O6. The van der Waals surface area contributed by atoms with Gasteiger partial charge in [-0.2, -0.15) is 0 Å². The van der Waals surface area contributed by atoms with Gasteiger partial charge in [-0.25, -0.2) is 0 Å². The molecule has 6 nitrogen and oxygen atoms in total. The largest absolute Gasteiger partial charge is 0.462 e. The van der Waals surface area contributed by atoms with Crippen LogP contribution in [0.15, 0.2) is 24.3 Å². The minimum atomic E-state index is -0.777. The molecule has 0 aliphatic rings. The van der Waals surface area contributed by atoms with E-state index >= 15 is 0 Å². The molecule has 6 heteroatoms. The standard InChI is InChI=1S/C62H116O6/c1-4-7-10-13-16-19-22-25-28-31-34-37-40-43-46-49-52-55-61(64)67-58-59(57-66-60(63)54-51-48-45-42-39-36-33-30-27-24-21-18-15-12-9-6-3)68-62(65)56-53-50-47-44-41-38-35-32-29-26-23-20-17-14-11-8-5-2/h30,33,36,39,59H,4-29,31-32,34-35,37-38,40-58H2,1-3H3/b33-30-,39-36-. The molecule has 0 aliphatic carbocycles. The zero-order valence-electron chi connectivity index (χ0n) is 45.9. The first-order valence-corrected chi connectivity index (χ1v) is 30.4. The summed E-state index contributed by atoms with van der Waals surface area (Å²) in [6.07, 6.45) is 67.4. The number of hydrogen-bond donors (Lipinski definition) is 0. The number of carbonyl (C=O) groups excluding carboxylic acids is 3. The van der Waals surface area contributed by atoms with Crippen LogP contribution >= 0.6 is 0 Å².